The molecule has 7 rings (SSSR count). The number of fused-ring (bicyclic) bond motifs is 2. The fourth-order valence-electron chi connectivity index (χ4n) is 8.76. The van der Waals surface area contributed by atoms with Crippen molar-refractivity contribution in [2.24, 2.45) is 17.8 Å². The van der Waals surface area contributed by atoms with Gasteiger partial charge in [-0.3, -0.25) is 0 Å². The third kappa shape index (κ3) is 8.44. The number of likely N-dealkylation sites (tertiary alicyclic amines) is 3. The Bertz CT molecular complexity index is 1400. The molecule has 5 aliphatic rings. The van der Waals surface area contributed by atoms with Crippen LogP contribution in [0.4, 0.5) is 15.3 Å². The summed E-state index contributed by atoms with van der Waals surface area (Å²) in [6.45, 7) is 12.6. The highest BCUT2D eigenvalue weighted by atomic mass is 16.6. The van der Waals surface area contributed by atoms with E-state index in [9.17, 15) is 9.59 Å². The van der Waals surface area contributed by atoms with Gasteiger partial charge in [-0.05, 0) is 115 Å². The van der Waals surface area contributed by atoms with Gasteiger partial charge in [-0.2, -0.15) is 0 Å². The number of carbonyl (C=O) groups is 2. The zero-order valence-corrected chi connectivity index (χ0v) is 29.7. The predicted molar refractivity (Wildman–Crippen MR) is 189 cm³/mol. The zero-order valence-electron chi connectivity index (χ0n) is 29.7. The van der Waals surface area contributed by atoms with Gasteiger partial charge in [-0.1, -0.05) is 30.3 Å². The molecule has 2 unspecified atom stereocenters. The minimum atomic E-state index is -0.481. The number of aromatic nitrogens is 1. The molecule has 1 aliphatic carbocycles. The molecule has 2 aromatic rings. The molecule has 10 heteroatoms. The van der Waals surface area contributed by atoms with E-state index in [2.05, 4.69) is 26.9 Å². The van der Waals surface area contributed by atoms with Gasteiger partial charge < -0.3 is 33.8 Å². The molecular formula is C39H55N5O5. The average molecular weight is 674 g/mol. The number of piperidine rings is 2. The van der Waals surface area contributed by atoms with Crippen molar-refractivity contribution in [1.82, 2.24) is 19.7 Å². The lowest BCUT2D eigenvalue weighted by Crippen LogP contribution is -2.56. The lowest BCUT2D eigenvalue weighted by Gasteiger charge is -2.44. The van der Waals surface area contributed by atoms with Gasteiger partial charge in [-0.25, -0.2) is 14.6 Å². The van der Waals surface area contributed by atoms with E-state index in [0.29, 0.717) is 37.7 Å². The SMILES string of the molecule is CC(C)(C)OC(=O)N1CC2CCC(C1)N2c1ccnc(OC2CC(C3CCN(CC4CCN(C(=O)OCc5ccccc5)CC4)CC3)C2)c1. The van der Waals surface area contributed by atoms with Crippen molar-refractivity contribution >= 4 is 17.9 Å². The minimum Gasteiger partial charge on any atom is -0.474 e. The number of piperazine rings is 1. The quantitative estimate of drug-likeness (QED) is 0.311. The lowest BCUT2D eigenvalue weighted by atomic mass is 9.70. The normalized spacial score (nSPS) is 26.7. The van der Waals surface area contributed by atoms with Crippen LogP contribution in [0.15, 0.2) is 48.7 Å². The third-order valence-electron chi connectivity index (χ3n) is 11.5. The van der Waals surface area contributed by atoms with Crippen LogP contribution < -0.4 is 9.64 Å². The number of nitrogens with zero attached hydrogens (tertiary/aromatic N) is 5. The van der Waals surface area contributed by atoms with Crippen LogP contribution in [0, 0.1) is 17.8 Å². The number of anilines is 1. The Balaban J connectivity index is 0.799. The van der Waals surface area contributed by atoms with Gasteiger partial charge in [0.2, 0.25) is 5.88 Å². The number of rotatable bonds is 8. The van der Waals surface area contributed by atoms with E-state index < -0.39 is 5.60 Å². The molecule has 1 aromatic heterocycles. The van der Waals surface area contributed by atoms with Crippen molar-refractivity contribution in [2.45, 2.75) is 103 Å². The highest BCUT2D eigenvalue weighted by Crippen LogP contribution is 2.42. The minimum absolute atomic E-state index is 0.184. The first-order valence-electron chi connectivity index (χ1n) is 18.7. The second kappa shape index (κ2) is 14.8. The Kier molecular flexibility index (Phi) is 10.2. The van der Waals surface area contributed by atoms with Crippen molar-refractivity contribution in [3.8, 4) is 5.88 Å². The highest BCUT2D eigenvalue weighted by molar-refractivity contribution is 5.69. The zero-order chi connectivity index (χ0) is 34.0. The van der Waals surface area contributed by atoms with Gasteiger partial charge in [0.15, 0.2) is 0 Å². The van der Waals surface area contributed by atoms with Gasteiger partial charge in [0.05, 0.1) is 0 Å². The number of hydrogen-bond acceptors (Lipinski definition) is 8. The Morgan fingerprint density at radius 1 is 0.816 bits per heavy atom. The van der Waals surface area contributed by atoms with Crippen molar-refractivity contribution in [3.05, 3.63) is 54.2 Å². The van der Waals surface area contributed by atoms with Gasteiger partial charge in [-0.15, -0.1) is 0 Å². The fourth-order valence-corrected chi connectivity index (χ4v) is 8.76. The van der Waals surface area contributed by atoms with E-state index in [1.807, 2.05) is 67.1 Å². The molecule has 2 amide bonds. The summed E-state index contributed by atoms with van der Waals surface area (Å²) in [5.41, 5.74) is 1.70. The first-order valence-corrected chi connectivity index (χ1v) is 18.7. The van der Waals surface area contributed by atoms with Gasteiger partial charge >= 0.3 is 12.2 Å². The topological polar surface area (TPSA) is 87.7 Å². The van der Waals surface area contributed by atoms with Crippen molar-refractivity contribution in [2.75, 3.05) is 50.7 Å². The van der Waals surface area contributed by atoms with Crippen LogP contribution in [-0.2, 0) is 16.1 Å². The number of benzene rings is 1. The molecule has 49 heavy (non-hydrogen) atoms. The first kappa shape index (κ1) is 33.9. The molecule has 5 fully saturated rings. The Morgan fingerprint density at radius 3 is 2.18 bits per heavy atom. The fraction of sp³-hybridized carbons (Fsp3) is 0.667. The summed E-state index contributed by atoms with van der Waals surface area (Å²) in [4.78, 5) is 38.8. The van der Waals surface area contributed by atoms with E-state index >= 15 is 0 Å². The van der Waals surface area contributed by atoms with E-state index in [1.54, 1.807) is 0 Å². The van der Waals surface area contributed by atoms with Crippen LogP contribution in [0.3, 0.4) is 0 Å². The number of carbonyl (C=O) groups excluding carboxylic acids is 2. The second-order valence-electron chi connectivity index (χ2n) is 16.1. The number of ether oxygens (including phenoxy) is 3. The van der Waals surface area contributed by atoms with E-state index in [0.717, 1.165) is 87.1 Å². The van der Waals surface area contributed by atoms with Crippen LogP contribution in [0.25, 0.3) is 0 Å². The molecule has 10 nitrogen and oxygen atoms in total. The van der Waals surface area contributed by atoms with Crippen molar-refractivity contribution in [3.63, 3.8) is 0 Å². The number of hydrogen-bond donors (Lipinski definition) is 0. The summed E-state index contributed by atoms with van der Waals surface area (Å²) in [7, 11) is 0. The van der Waals surface area contributed by atoms with Gasteiger partial charge in [0.25, 0.3) is 0 Å². The first-order chi connectivity index (χ1) is 23.7. The molecular weight excluding hydrogens is 618 g/mol. The summed E-state index contributed by atoms with van der Waals surface area (Å²) < 4.78 is 17.6. The van der Waals surface area contributed by atoms with Gasteiger partial charge in [0.1, 0.15) is 18.3 Å². The van der Waals surface area contributed by atoms with Crippen LogP contribution in [0.5, 0.6) is 5.88 Å². The van der Waals surface area contributed by atoms with Crippen LogP contribution in [0.2, 0.25) is 0 Å². The maximum Gasteiger partial charge on any atom is 0.410 e. The Morgan fingerprint density at radius 2 is 1.51 bits per heavy atom. The summed E-state index contributed by atoms with van der Waals surface area (Å²) in [5, 5.41) is 0. The largest absolute Gasteiger partial charge is 0.474 e. The monoisotopic (exact) mass is 673 g/mol. The number of pyridine rings is 1. The molecule has 0 radical (unpaired) electrons. The van der Waals surface area contributed by atoms with Crippen molar-refractivity contribution < 1.29 is 23.8 Å². The van der Waals surface area contributed by atoms with Crippen LogP contribution in [-0.4, -0.2) is 101 Å². The predicted octanol–water partition coefficient (Wildman–Crippen LogP) is 6.59. The Labute approximate surface area is 292 Å². The van der Waals surface area contributed by atoms with E-state index in [4.69, 9.17) is 14.2 Å². The molecule has 266 valence electrons. The Hall–Kier alpha value is -3.53. The van der Waals surface area contributed by atoms with E-state index in [-0.39, 0.29) is 18.3 Å². The van der Waals surface area contributed by atoms with E-state index in [1.165, 1.54) is 25.9 Å². The summed E-state index contributed by atoms with van der Waals surface area (Å²) in [6.07, 6.45) is 10.8. The number of amides is 2. The maximum atomic E-state index is 12.7. The van der Waals surface area contributed by atoms with Gasteiger partial charge in [0, 0.05) is 62.8 Å². The van der Waals surface area contributed by atoms with Crippen LogP contribution >= 0.6 is 0 Å². The molecule has 0 spiro atoms. The average Bonchev–Trinajstić information content (AvgIpc) is 3.34. The molecule has 2 atom stereocenters. The molecule has 0 N–H and O–H groups in total. The molecule has 4 aliphatic heterocycles. The smallest absolute Gasteiger partial charge is 0.410 e. The third-order valence-corrected chi connectivity index (χ3v) is 11.5. The molecule has 5 heterocycles. The molecule has 1 aromatic carbocycles. The summed E-state index contributed by atoms with van der Waals surface area (Å²) in [6, 6.07) is 14.7. The standard InChI is InChI=1S/C39H55N5O5/c1-39(2,3)49-38(46)43-25-33-9-10-34(26-43)44(33)32-11-16-40-36(23-32)48-35-21-31(22-35)30-14-17-41(18-15-30)24-28-12-19-42(20-13-28)37(45)47-27-29-7-5-4-6-8-29/h4-8,11,16,23,28,30-31,33-35H,9-10,12-15,17-22,24-27H2,1-3H3. The summed E-state index contributed by atoms with van der Waals surface area (Å²) in [5.74, 6) is 2.91. The second-order valence-corrected chi connectivity index (χ2v) is 16.1. The van der Waals surface area contributed by atoms with Crippen molar-refractivity contribution in [1.29, 1.82) is 0 Å². The maximum absolute atomic E-state index is 12.7. The highest BCUT2D eigenvalue weighted by Gasteiger charge is 2.43. The molecule has 4 saturated heterocycles. The lowest BCUT2D eigenvalue weighted by molar-refractivity contribution is 0.00668. The molecule has 2 bridgehead atoms. The molecule has 1 saturated carbocycles. The van der Waals surface area contributed by atoms with Crippen LogP contribution in [0.1, 0.15) is 77.7 Å². The summed E-state index contributed by atoms with van der Waals surface area (Å²) >= 11 is 0.